The molecular formula is C15H18N2O2. The Morgan fingerprint density at radius 2 is 1.95 bits per heavy atom. The molecule has 3 rings (SSSR count). The van der Waals surface area contributed by atoms with E-state index in [-0.39, 0.29) is 0 Å². The largest absolute Gasteiger partial charge is 0.478 e. The fourth-order valence-corrected chi connectivity index (χ4v) is 2.86. The number of hydrogen-bond donors (Lipinski definition) is 1. The summed E-state index contributed by atoms with van der Waals surface area (Å²) in [5.74, 6) is -0.858. The van der Waals surface area contributed by atoms with E-state index in [1.54, 1.807) is 6.07 Å². The second-order valence-corrected chi connectivity index (χ2v) is 5.10. The number of benzene rings is 1. The molecule has 0 bridgehead atoms. The predicted molar refractivity (Wildman–Crippen MR) is 74.6 cm³/mol. The summed E-state index contributed by atoms with van der Waals surface area (Å²) in [6, 6.07) is 7.38. The summed E-state index contributed by atoms with van der Waals surface area (Å²) >= 11 is 0. The summed E-state index contributed by atoms with van der Waals surface area (Å²) in [6.45, 7) is 4.35. The monoisotopic (exact) mass is 258 g/mol. The number of aromatic nitrogens is 1. The standard InChI is InChI=1S/C15H18N2O2/c18-15(19)13-4-3-5-14-12(13)6-9-17(14)11-10-16-7-1-2-8-16/h3-6,9H,1-2,7-8,10-11H2,(H,18,19). The number of carboxylic acids is 1. The van der Waals surface area contributed by atoms with Gasteiger partial charge in [-0.3, -0.25) is 0 Å². The Morgan fingerprint density at radius 3 is 2.68 bits per heavy atom. The Morgan fingerprint density at radius 1 is 1.16 bits per heavy atom. The summed E-state index contributed by atoms with van der Waals surface area (Å²) in [5, 5.41) is 10.0. The molecule has 100 valence electrons. The molecule has 1 saturated heterocycles. The molecule has 1 fully saturated rings. The summed E-state index contributed by atoms with van der Waals surface area (Å²) < 4.78 is 2.15. The van der Waals surface area contributed by atoms with Crippen molar-refractivity contribution in [1.29, 1.82) is 0 Å². The molecule has 0 unspecified atom stereocenters. The first kappa shape index (κ1) is 12.2. The Hall–Kier alpha value is -1.81. The Labute approximate surface area is 112 Å². The SMILES string of the molecule is O=C(O)c1cccc2c1ccn2CCN1CCCC1. The lowest BCUT2D eigenvalue weighted by Gasteiger charge is -2.15. The molecule has 19 heavy (non-hydrogen) atoms. The molecule has 0 atom stereocenters. The van der Waals surface area contributed by atoms with Crippen LogP contribution in [0.5, 0.6) is 0 Å². The van der Waals surface area contributed by atoms with Crippen molar-refractivity contribution < 1.29 is 9.90 Å². The zero-order valence-electron chi connectivity index (χ0n) is 10.9. The van der Waals surface area contributed by atoms with Crippen LogP contribution >= 0.6 is 0 Å². The molecule has 4 heteroatoms. The van der Waals surface area contributed by atoms with Crippen LogP contribution in [-0.4, -0.2) is 40.2 Å². The van der Waals surface area contributed by atoms with E-state index >= 15 is 0 Å². The number of carboxylic acid groups (broad SMARTS) is 1. The van der Waals surface area contributed by atoms with E-state index in [1.807, 2.05) is 24.4 Å². The van der Waals surface area contributed by atoms with Crippen LogP contribution in [0, 0.1) is 0 Å². The maximum Gasteiger partial charge on any atom is 0.336 e. The van der Waals surface area contributed by atoms with Crippen LogP contribution in [0.2, 0.25) is 0 Å². The maximum absolute atomic E-state index is 11.2. The Balaban J connectivity index is 1.84. The van der Waals surface area contributed by atoms with E-state index in [4.69, 9.17) is 0 Å². The van der Waals surface area contributed by atoms with Gasteiger partial charge in [-0.25, -0.2) is 4.79 Å². The highest BCUT2D eigenvalue weighted by Crippen LogP contribution is 2.20. The molecule has 4 nitrogen and oxygen atoms in total. The van der Waals surface area contributed by atoms with Gasteiger partial charge in [0.1, 0.15) is 0 Å². The zero-order chi connectivity index (χ0) is 13.2. The summed E-state index contributed by atoms with van der Waals surface area (Å²) in [4.78, 5) is 13.6. The highest BCUT2D eigenvalue weighted by molar-refractivity contribution is 6.02. The van der Waals surface area contributed by atoms with E-state index in [1.165, 1.54) is 25.9 Å². The number of hydrogen-bond acceptors (Lipinski definition) is 2. The molecule has 2 heterocycles. The van der Waals surface area contributed by atoms with Crippen LogP contribution in [0.15, 0.2) is 30.5 Å². The first-order chi connectivity index (χ1) is 9.25. The zero-order valence-corrected chi connectivity index (χ0v) is 10.9. The predicted octanol–water partition coefficient (Wildman–Crippen LogP) is 2.44. The molecule has 1 aromatic carbocycles. The lowest BCUT2D eigenvalue weighted by atomic mass is 10.1. The van der Waals surface area contributed by atoms with Gasteiger partial charge in [-0.2, -0.15) is 0 Å². The van der Waals surface area contributed by atoms with Gasteiger partial charge in [-0.05, 0) is 44.1 Å². The average molecular weight is 258 g/mol. The molecule has 1 N–H and O–H groups in total. The Kier molecular flexibility index (Phi) is 3.25. The molecule has 0 amide bonds. The van der Waals surface area contributed by atoms with Crippen LogP contribution in [0.3, 0.4) is 0 Å². The minimum absolute atomic E-state index is 0.387. The van der Waals surface area contributed by atoms with Gasteiger partial charge in [-0.1, -0.05) is 6.07 Å². The van der Waals surface area contributed by atoms with Gasteiger partial charge < -0.3 is 14.6 Å². The van der Waals surface area contributed by atoms with Crippen molar-refractivity contribution >= 4 is 16.9 Å². The van der Waals surface area contributed by atoms with Gasteiger partial charge in [0.15, 0.2) is 0 Å². The summed E-state index contributed by atoms with van der Waals surface area (Å²) in [7, 11) is 0. The van der Waals surface area contributed by atoms with E-state index in [9.17, 15) is 9.90 Å². The number of likely N-dealkylation sites (tertiary alicyclic amines) is 1. The average Bonchev–Trinajstić information content (AvgIpc) is 3.05. The second kappa shape index (κ2) is 5.05. The molecule has 0 radical (unpaired) electrons. The minimum Gasteiger partial charge on any atom is -0.478 e. The first-order valence-corrected chi connectivity index (χ1v) is 6.79. The van der Waals surface area contributed by atoms with Crippen molar-refractivity contribution in [3.05, 3.63) is 36.0 Å². The number of rotatable bonds is 4. The highest BCUT2D eigenvalue weighted by atomic mass is 16.4. The van der Waals surface area contributed by atoms with Gasteiger partial charge in [0, 0.05) is 30.2 Å². The quantitative estimate of drug-likeness (QED) is 0.916. The van der Waals surface area contributed by atoms with Crippen LogP contribution in [0.1, 0.15) is 23.2 Å². The third kappa shape index (κ3) is 2.36. The summed E-state index contributed by atoms with van der Waals surface area (Å²) in [5.41, 5.74) is 1.40. The smallest absolute Gasteiger partial charge is 0.336 e. The van der Waals surface area contributed by atoms with Crippen LogP contribution in [-0.2, 0) is 6.54 Å². The van der Waals surface area contributed by atoms with Crippen molar-refractivity contribution in [2.75, 3.05) is 19.6 Å². The van der Waals surface area contributed by atoms with Crippen molar-refractivity contribution in [3.8, 4) is 0 Å². The Bertz CT molecular complexity index is 597. The molecule has 1 aliphatic rings. The van der Waals surface area contributed by atoms with E-state index in [2.05, 4.69) is 9.47 Å². The fraction of sp³-hybridized carbons (Fsp3) is 0.400. The van der Waals surface area contributed by atoms with E-state index in [0.29, 0.717) is 5.56 Å². The molecule has 0 spiro atoms. The van der Waals surface area contributed by atoms with E-state index < -0.39 is 5.97 Å². The van der Waals surface area contributed by atoms with Crippen molar-refractivity contribution in [2.24, 2.45) is 0 Å². The summed E-state index contributed by atoms with van der Waals surface area (Å²) in [6.07, 6.45) is 4.60. The lowest BCUT2D eigenvalue weighted by Crippen LogP contribution is -2.23. The molecule has 2 aromatic rings. The second-order valence-electron chi connectivity index (χ2n) is 5.10. The van der Waals surface area contributed by atoms with Gasteiger partial charge in [0.2, 0.25) is 0 Å². The molecule has 0 saturated carbocycles. The van der Waals surface area contributed by atoms with Gasteiger partial charge >= 0.3 is 5.97 Å². The van der Waals surface area contributed by atoms with Crippen LogP contribution < -0.4 is 0 Å². The minimum atomic E-state index is -0.858. The lowest BCUT2D eigenvalue weighted by molar-refractivity contribution is 0.0699. The fourth-order valence-electron chi connectivity index (χ4n) is 2.86. The third-order valence-electron chi connectivity index (χ3n) is 3.90. The van der Waals surface area contributed by atoms with Crippen molar-refractivity contribution in [2.45, 2.75) is 19.4 Å². The normalized spacial score (nSPS) is 16.2. The topological polar surface area (TPSA) is 45.5 Å². The maximum atomic E-state index is 11.2. The number of aromatic carboxylic acids is 1. The molecular weight excluding hydrogens is 240 g/mol. The van der Waals surface area contributed by atoms with Crippen molar-refractivity contribution in [1.82, 2.24) is 9.47 Å². The number of nitrogens with zero attached hydrogens (tertiary/aromatic N) is 2. The van der Waals surface area contributed by atoms with Crippen LogP contribution in [0.25, 0.3) is 10.9 Å². The van der Waals surface area contributed by atoms with Crippen molar-refractivity contribution in [3.63, 3.8) is 0 Å². The third-order valence-corrected chi connectivity index (χ3v) is 3.90. The number of fused-ring (bicyclic) bond motifs is 1. The van der Waals surface area contributed by atoms with Gasteiger partial charge in [0.05, 0.1) is 5.56 Å². The highest BCUT2D eigenvalue weighted by Gasteiger charge is 2.13. The molecule has 0 aliphatic carbocycles. The van der Waals surface area contributed by atoms with Gasteiger partial charge in [-0.15, -0.1) is 0 Å². The van der Waals surface area contributed by atoms with Crippen LogP contribution in [0.4, 0.5) is 0 Å². The number of carbonyl (C=O) groups is 1. The first-order valence-electron chi connectivity index (χ1n) is 6.79. The molecule has 1 aromatic heterocycles. The van der Waals surface area contributed by atoms with Gasteiger partial charge in [0.25, 0.3) is 0 Å². The molecule has 1 aliphatic heterocycles. The van der Waals surface area contributed by atoms with E-state index in [0.717, 1.165) is 24.0 Å².